The number of hydrogen-bond donors (Lipinski definition) is 0. The van der Waals surface area contributed by atoms with Crippen LogP contribution in [-0.2, 0) is 16.1 Å². The van der Waals surface area contributed by atoms with Gasteiger partial charge in [0.2, 0.25) is 0 Å². The number of methoxy groups -OCH3 is 1. The summed E-state index contributed by atoms with van der Waals surface area (Å²) in [6, 6.07) is 3.82. The number of ether oxygens (including phenoxy) is 1. The minimum absolute atomic E-state index is 0.169. The van der Waals surface area contributed by atoms with Crippen LogP contribution in [0.25, 0.3) is 0 Å². The van der Waals surface area contributed by atoms with Crippen LogP contribution in [0.15, 0.2) is 18.3 Å². The number of halogens is 1. The highest BCUT2D eigenvalue weighted by molar-refractivity contribution is 6.30. The minimum Gasteiger partial charge on any atom is -0.469 e. The normalized spacial score (nSPS) is 10.6. The Morgan fingerprint density at radius 1 is 1.59 bits per heavy atom. The number of pyridine rings is 1. The van der Waals surface area contributed by atoms with Gasteiger partial charge in [-0.05, 0) is 26.1 Å². The van der Waals surface area contributed by atoms with Crippen LogP contribution in [0.3, 0.4) is 0 Å². The molecule has 0 spiro atoms. The molecule has 0 saturated carbocycles. The summed E-state index contributed by atoms with van der Waals surface area (Å²) >= 11 is 5.96. The third kappa shape index (κ3) is 5.15. The zero-order valence-corrected chi connectivity index (χ0v) is 10.9. The Hall–Kier alpha value is -1.13. The van der Waals surface area contributed by atoms with Crippen LogP contribution in [0.5, 0.6) is 0 Å². The molecule has 0 unspecified atom stereocenters. The standard InChI is InChI=1S/C12H17ClN2O2/c1-15(8-4-6-11(16)17-2)9-10-5-3-7-14-12(10)13/h3,5,7H,4,6,8-9H2,1-2H3. The molecule has 0 radical (unpaired) electrons. The number of nitrogens with zero attached hydrogens (tertiary/aromatic N) is 2. The van der Waals surface area contributed by atoms with Gasteiger partial charge in [-0.15, -0.1) is 0 Å². The molecule has 0 aliphatic carbocycles. The maximum Gasteiger partial charge on any atom is 0.305 e. The fraction of sp³-hybridized carbons (Fsp3) is 0.500. The first-order valence-corrected chi connectivity index (χ1v) is 5.86. The lowest BCUT2D eigenvalue weighted by molar-refractivity contribution is -0.140. The fourth-order valence-electron chi connectivity index (χ4n) is 1.50. The van der Waals surface area contributed by atoms with Gasteiger partial charge in [-0.1, -0.05) is 17.7 Å². The Kier molecular flexibility index (Phi) is 5.94. The zero-order chi connectivity index (χ0) is 12.7. The molecule has 0 amide bonds. The molecule has 0 saturated heterocycles. The highest BCUT2D eigenvalue weighted by Gasteiger charge is 2.06. The maximum atomic E-state index is 10.9. The van der Waals surface area contributed by atoms with Crippen molar-refractivity contribution in [3.63, 3.8) is 0 Å². The van der Waals surface area contributed by atoms with Crippen molar-refractivity contribution in [2.24, 2.45) is 0 Å². The molecule has 0 N–H and O–H groups in total. The van der Waals surface area contributed by atoms with E-state index in [1.54, 1.807) is 6.20 Å². The van der Waals surface area contributed by atoms with Crippen LogP contribution < -0.4 is 0 Å². The number of hydrogen-bond acceptors (Lipinski definition) is 4. The highest BCUT2D eigenvalue weighted by Crippen LogP contribution is 2.13. The van der Waals surface area contributed by atoms with Crippen molar-refractivity contribution in [1.82, 2.24) is 9.88 Å². The molecular formula is C12H17ClN2O2. The summed E-state index contributed by atoms with van der Waals surface area (Å²) < 4.78 is 4.58. The van der Waals surface area contributed by atoms with Crippen molar-refractivity contribution < 1.29 is 9.53 Å². The molecule has 1 rings (SSSR count). The second-order valence-corrected chi connectivity index (χ2v) is 4.23. The third-order valence-corrected chi connectivity index (χ3v) is 2.77. The van der Waals surface area contributed by atoms with E-state index >= 15 is 0 Å². The van der Waals surface area contributed by atoms with Crippen LogP contribution in [0.4, 0.5) is 0 Å². The second-order valence-electron chi connectivity index (χ2n) is 3.87. The Bertz CT molecular complexity index is 371. The summed E-state index contributed by atoms with van der Waals surface area (Å²) in [5.41, 5.74) is 0.995. The number of carbonyl (C=O) groups is 1. The molecule has 0 bridgehead atoms. The van der Waals surface area contributed by atoms with E-state index in [1.165, 1.54) is 7.11 Å². The lowest BCUT2D eigenvalue weighted by Gasteiger charge is -2.16. The Morgan fingerprint density at radius 3 is 3.00 bits per heavy atom. The van der Waals surface area contributed by atoms with Crippen LogP contribution in [0.2, 0.25) is 5.15 Å². The average molecular weight is 257 g/mol. The molecule has 4 nitrogen and oxygen atoms in total. The van der Waals surface area contributed by atoms with Gasteiger partial charge in [-0.25, -0.2) is 4.98 Å². The minimum atomic E-state index is -0.169. The van der Waals surface area contributed by atoms with Crippen molar-refractivity contribution >= 4 is 17.6 Å². The second kappa shape index (κ2) is 7.25. The maximum absolute atomic E-state index is 10.9. The topological polar surface area (TPSA) is 42.4 Å². The molecule has 17 heavy (non-hydrogen) atoms. The molecule has 1 aromatic rings. The monoisotopic (exact) mass is 256 g/mol. The number of esters is 1. The van der Waals surface area contributed by atoms with Crippen LogP contribution >= 0.6 is 11.6 Å². The molecule has 0 aromatic carbocycles. The number of rotatable bonds is 6. The molecule has 0 aliphatic rings. The van der Waals surface area contributed by atoms with Crippen LogP contribution in [-0.4, -0.2) is 36.6 Å². The molecule has 0 atom stereocenters. The van der Waals surface area contributed by atoms with Gasteiger partial charge < -0.3 is 9.64 Å². The Balaban J connectivity index is 2.32. The van der Waals surface area contributed by atoms with E-state index in [1.807, 2.05) is 19.2 Å². The van der Waals surface area contributed by atoms with E-state index in [0.717, 1.165) is 25.1 Å². The summed E-state index contributed by atoms with van der Waals surface area (Å²) in [6.45, 7) is 1.55. The molecule has 0 fully saturated rings. The summed E-state index contributed by atoms with van der Waals surface area (Å²) in [7, 11) is 3.39. The third-order valence-electron chi connectivity index (χ3n) is 2.43. The van der Waals surface area contributed by atoms with Crippen molar-refractivity contribution in [3.05, 3.63) is 29.0 Å². The van der Waals surface area contributed by atoms with Crippen LogP contribution in [0, 0.1) is 0 Å². The summed E-state index contributed by atoms with van der Waals surface area (Å²) in [6.07, 6.45) is 2.89. The van der Waals surface area contributed by atoms with Gasteiger partial charge in [0, 0.05) is 24.7 Å². The van der Waals surface area contributed by atoms with Gasteiger partial charge >= 0.3 is 5.97 Å². The Labute approximate surface area is 107 Å². The van der Waals surface area contributed by atoms with Gasteiger partial charge in [0.25, 0.3) is 0 Å². The first-order chi connectivity index (χ1) is 8.13. The van der Waals surface area contributed by atoms with Crippen molar-refractivity contribution in [1.29, 1.82) is 0 Å². The molecule has 94 valence electrons. The van der Waals surface area contributed by atoms with Gasteiger partial charge in [-0.3, -0.25) is 4.79 Å². The largest absolute Gasteiger partial charge is 0.469 e. The van der Waals surface area contributed by atoms with E-state index in [0.29, 0.717) is 11.6 Å². The van der Waals surface area contributed by atoms with Crippen molar-refractivity contribution in [2.75, 3.05) is 20.7 Å². The zero-order valence-electron chi connectivity index (χ0n) is 10.1. The number of carbonyl (C=O) groups excluding carboxylic acids is 1. The van der Waals surface area contributed by atoms with Gasteiger partial charge in [0.15, 0.2) is 0 Å². The summed E-state index contributed by atoms with van der Waals surface area (Å²) in [5, 5.41) is 0.535. The summed E-state index contributed by atoms with van der Waals surface area (Å²) in [5.74, 6) is -0.169. The quantitative estimate of drug-likeness (QED) is 0.578. The molecule has 1 heterocycles. The lowest BCUT2D eigenvalue weighted by atomic mass is 10.2. The molecule has 1 aromatic heterocycles. The lowest BCUT2D eigenvalue weighted by Crippen LogP contribution is -2.20. The first-order valence-electron chi connectivity index (χ1n) is 5.48. The Morgan fingerprint density at radius 2 is 2.35 bits per heavy atom. The average Bonchev–Trinajstić information content (AvgIpc) is 2.32. The van der Waals surface area contributed by atoms with Gasteiger partial charge in [0.05, 0.1) is 7.11 Å². The highest BCUT2D eigenvalue weighted by atomic mass is 35.5. The molecular weight excluding hydrogens is 240 g/mol. The fourth-order valence-corrected chi connectivity index (χ4v) is 1.68. The summed E-state index contributed by atoms with van der Waals surface area (Å²) in [4.78, 5) is 17.1. The van der Waals surface area contributed by atoms with Gasteiger partial charge in [-0.2, -0.15) is 0 Å². The van der Waals surface area contributed by atoms with E-state index < -0.39 is 0 Å². The van der Waals surface area contributed by atoms with E-state index in [9.17, 15) is 4.79 Å². The smallest absolute Gasteiger partial charge is 0.305 e. The van der Waals surface area contributed by atoms with Crippen molar-refractivity contribution in [3.8, 4) is 0 Å². The predicted octanol–water partition coefficient (Wildman–Crippen LogP) is 2.12. The predicted molar refractivity (Wildman–Crippen MR) is 66.8 cm³/mol. The van der Waals surface area contributed by atoms with Crippen LogP contribution in [0.1, 0.15) is 18.4 Å². The van der Waals surface area contributed by atoms with E-state index in [2.05, 4.69) is 14.6 Å². The van der Waals surface area contributed by atoms with Gasteiger partial charge in [0.1, 0.15) is 5.15 Å². The van der Waals surface area contributed by atoms with E-state index in [-0.39, 0.29) is 5.97 Å². The molecule has 5 heteroatoms. The first kappa shape index (κ1) is 13.9. The SMILES string of the molecule is COC(=O)CCCN(C)Cc1cccnc1Cl. The van der Waals surface area contributed by atoms with Crippen molar-refractivity contribution in [2.45, 2.75) is 19.4 Å². The molecule has 0 aliphatic heterocycles. The van der Waals surface area contributed by atoms with E-state index in [4.69, 9.17) is 11.6 Å². The number of aromatic nitrogens is 1.